The largest absolute Gasteiger partial charge is 0.416 e. The first kappa shape index (κ1) is 26.5. The standard InChI is InChI=1S/C23H15F7N6O2/c24-14-3-5-16(6-4-14)36(11-18-34-35-21(38-18)20-32-9-15(31)10-33-20)19(37)7-12-1-2-13(22(25,26)27)8-17(12)23(28,29)30/h1-6,8-10H,7,11,31H2. The molecule has 0 saturated heterocycles. The molecule has 0 bridgehead atoms. The van der Waals surface area contributed by atoms with Gasteiger partial charge in [0.25, 0.3) is 5.89 Å². The van der Waals surface area contributed by atoms with Gasteiger partial charge in [0, 0.05) is 5.69 Å². The van der Waals surface area contributed by atoms with Crippen molar-refractivity contribution in [3.05, 3.63) is 83.3 Å². The fraction of sp³-hybridized carbons (Fsp3) is 0.174. The van der Waals surface area contributed by atoms with Crippen LogP contribution in [0.25, 0.3) is 11.7 Å². The summed E-state index contributed by atoms with van der Waals surface area (Å²) in [5, 5.41) is 7.55. The Morgan fingerprint density at radius 2 is 1.58 bits per heavy atom. The first-order valence-electron chi connectivity index (χ1n) is 10.5. The van der Waals surface area contributed by atoms with Crippen molar-refractivity contribution in [2.45, 2.75) is 25.3 Å². The van der Waals surface area contributed by atoms with Gasteiger partial charge in [0.2, 0.25) is 17.6 Å². The average Bonchev–Trinajstić information content (AvgIpc) is 3.31. The first-order valence-corrected chi connectivity index (χ1v) is 10.5. The van der Waals surface area contributed by atoms with Gasteiger partial charge in [-0.05, 0) is 42.0 Å². The highest BCUT2D eigenvalue weighted by Gasteiger charge is 2.38. The zero-order valence-corrected chi connectivity index (χ0v) is 18.9. The van der Waals surface area contributed by atoms with Gasteiger partial charge in [-0.25, -0.2) is 14.4 Å². The van der Waals surface area contributed by atoms with Crippen LogP contribution >= 0.6 is 0 Å². The molecular weight excluding hydrogens is 525 g/mol. The topological polar surface area (TPSA) is 111 Å². The van der Waals surface area contributed by atoms with Crippen LogP contribution in [0.1, 0.15) is 22.6 Å². The summed E-state index contributed by atoms with van der Waals surface area (Å²) in [7, 11) is 0. The molecule has 2 N–H and O–H groups in total. The number of nitrogen functional groups attached to an aromatic ring is 1. The van der Waals surface area contributed by atoms with Gasteiger partial charge in [-0.1, -0.05) is 6.07 Å². The summed E-state index contributed by atoms with van der Waals surface area (Å²) in [6, 6.07) is 5.39. The molecule has 15 heteroatoms. The van der Waals surface area contributed by atoms with E-state index in [4.69, 9.17) is 10.2 Å². The van der Waals surface area contributed by atoms with Gasteiger partial charge in [-0.15, -0.1) is 10.2 Å². The predicted octanol–water partition coefficient (Wildman–Crippen LogP) is 5.06. The van der Waals surface area contributed by atoms with Crippen molar-refractivity contribution in [1.82, 2.24) is 20.2 Å². The highest BCUT2D eigenvalue weighted by Crippen LogP contribution is 2.37. The highest BCUT2D eigenvalue weighted by molar-refractivity contribution is 5.94. The fourth-order valence-corrected chi connectivity index (χ4v) is 3.37. The van der Waals surface area contributed by atoms with Crippen molar-refractivity contribution in [3.63, 3.8) is 0 Å². The molecule has 8 nitrogen and oxygen atoms in total. The van der Waals surface area contributed by atoms with Crippen LogP contribution in [-0.2, 0) is 30.1 Å². The van der Waals surface area contributed by atoms with E-state index in [1.54, 1.807) is 0 Å². The van der Waals surface area contributed by atoms with Crippen LogP contribution in [0.15, 0.2) is 59.3 Å². The first-order chi connectivity index (χ1) is 17.8. The maximum Gasteiger partial charge on any atom is 0.416 e. The second kappa shape index (κ2) is 10.1. The van der Waals surface area contributed by atoms with Crippen LogP contribution in [0.4, 0.5) is 42.1 Å². The Morgan fingerprint density at radius 3 is 2.18 bits per heavy atom. The van der Waals surface area contributed by atoms with Crippen molar-refractivity contribution < 1.29 is 39.9 Å². The number of carbonyl (C=O) groups excluding carboxylic acids is 1. The predicted molar refractivity (Wildman–Crippen MR) is 117 cm³/mol. The number of nitrogens with two attached hydrogens (primary N) is 1. The minimum Gasteiger partial charge on any atom is -0.416 e. The van der Waals surface area contributed by atoms with Crippen molar-refractivity contribution in [2.75, 3.05) is 10.6 Å². The number of carbonyl (C=O) groups is 1. The van der Waals surface area contributed by atoms with E-state index in [0.717, 1.165) is 17.0 Å². The molecule has 2 aromatic heterocycles. The lowest BCUT2D eigenvalue weighted by molar-refractivity contribution is -0.143. The molecule has 4 aromatic rings. The van der Waals surface area contributed by atoms with E-state index < -0.39 is 53.7 Å². The van der Waals surface area contributed by atoms with Crippen LogP contribution in [0.2, 0.25) is 0 Å². The molecule has 0 fully saturated rings. The maximum absolute atomic E-state index is 13.6. The van der Waals surface area contributed by atoms with Crippen LogP contribution in [0, 0.1) is 5.82 Å². The Bertz CT molecular complexity index is 1430. The Balaban J connectivity index is 1.66. The van der Waals surface area contributed by atoms with Gasteiger partial charge in [0.1, 0.15) is 12.4 Å². The van der Waals surface area contributed by atoms with Gasteiger partial charge in [-0.2, -0.15) is 26.3 Å². The van der Waals surface area contributed by atoms with Gasteiger partial charge in [0.15, 0.2) is 0 Å². The number of rotatable bonds is 6. The van der Waals surface area contributed by atoms with Crippen molar-refractivity contribution in [3.8, 4) is 11.7 Å². The number of amides is 1. The molecule has 0 aliphatic rings. The number of halogens is 7. The van der Waals surface area contributed by atoms with Gasteiger partial charge in [-0.3, -0.25) is 4.79 Å². The van der Waals surface area contributed by atoms with E-state index in [-0.39, 0.29) is 35.0 Å². The fourth-order valence-electron chi connectivity index (χ4n) is 3.37. The van der Waals surface area contributed by atoms with Crippen LogP contribution in [-0.4, -0.2) is 26.1 Å². The normalized spacial score (nSPS) is 12.0. The van der Waals surface area contributed by atoms with E-state index >= 15 is 0 Å². The monoisotopic (exact) mass is 540 g/mol. The highest BCUT2D eigenvalue weighted by atomic mass is 19.4. The lowest BCUT2D eigenvalue weighted by atomic mass is 10.00. The molecule has 38 heavy (non-hydrogen) atoms. The summed E-state index contributed by atoms with van der Waals surface area (Å²) >= 11 is 0. The van der Waals surface area contributed by atoms with Gasteiger partial charge < -0.3 is 15.1 Å². The summed E-state index contributed by atoms with van der Waals surface area (Å²) in [6.07, 6.45) is -8.57. The third-order valence-corrected chi connectivity index (χ3v) is 5.15. The third kappa shape index (κ3) is 6.04. The SMILES string of the molecule is Nc1cnc(-c2nnc(CN(C(=O)Cc3ccc(C(F)(F)F)cc3C(F)(F)F)c3ccc(F)cc3)o2)nc1. The lowest BCUT2D eigenvalue weighted by Crippen LogP contribution is -2.32. The smallest absolute Gasteiger partial charge is 0.416 e. The minimum atomic E-state index is -5.17. The zero-order chi connectivity index (χ0) is 27.7. The second-order valence-corrected chi connectivity index (χ2v) is 7.84. The van der Waals surface area contributed by atoms with E-state index in [2.05, 4.69) is 20.2 Å². The number of aromatic nitrogens is 4. The molecule has 0 aliphatic carbocycles. The van der Waals surface area contributed by atoms with Crippen molar-refractivity contribution in [1.29, 1.82) is 0 Å². The number of anilines is 2. The number of nitrogens with zero attached hydrogens (tertiary/aromatic N) is 5. The molecule has 1 amide bonds. The molecule has 0 aliphatic heterocycles. The van der Waals surface area contributed by atoms with E-state index in [1.807, 2.05) is 0 Å². The van der Waals surface area contributed by atoms with Crippen LogP contribution in [0.5, 0.6) is 0 Å². The Labute approximate surface area is 208 Å². The minimum absolute atomic E-state index is 0.0113. The molecule has 0 spiro atoms. The summed E-state index contributed by atoms with van der Waals surface area (Å²) < 4.78 is 98.7. The van der Waals surface area contributed by atoms with Crippen LogP contribution < -0.4 is 10.6 Å². The molecular formula is C23H15F7N6O2. The van der Waals surface area contributed by atoms with Crippen molar-refractivity contribution in [2.24, 2.45) is 0 Å². The Morgan fingerprint density at radius 1 is 0.921 bits per heavy atom. The van der Waals surface area contributed by atoms with Gasteiger partial charge >= 0.3 is 12.4 Å². The van der Waals surface area contributed by atoms with E-state index in [0.29, 0.717) is 12.1 Å². The summed E-state index contributed by atoms with van der Waals surface area (Å²) in [5.41, 5.74) is 2.03. The second-order valence-electron chi connectivity index (χ2n) is 7.84. The summed E-state index contributed by atoms with van der Waals surface area (Å²) in [5.74, 6) is -1.93. The molecule has 0 atom stereocenters. The van der Waals surface area contributed by atoms with Crippen molar-refractivity contribution >= 4 is 17.3 Å². The molecule has 2 aromatic carbocycles. The molecule has 0 saturated carbocycles. The number of hydrogen-bond donors (Lipinski definition) is 1. The third-order valence-electron chi connectivity index (χ3n) is 5.15. The molecule has 4 rings (SSSR count). The molecule has 0 unspecified atom stereocenters. The quantitative estimate of drug-likeness (QED) is 0.341. The number of hydrogen-bond acceptors (Lipinski definition) is 7. The molecule has 2 heterocycles. The van der Waals surface area contributed by atoms with Gasteiger partial charge in [0.05, 0.1) is 35.6 Å². The maximum atomic E-state index is 13.6. The van der Waals surface area contributed by atoms with Crippen LogP contribution in [0.3, 0.4) is 0 Å². The molecule has 198 valence electrons. The number of alkyl halides is 6. The summed E-state index contributed by atoms with van der Waals surface area (Å²) in [6.45, 7) is -0.464. The van der Waals surface area contributed by atoms with E-state index in [9.17, 15) is 35.5 Å². The summed E-state index contributed by atoms with van der Waals surface area (Å²) in [4.78, 5) is 22.0. The molecule has 0 radical (unpaired) electrons. The average molecular weight is 540 g/mol. The number of benzene rings is 2. The Hall–Kier alpha value is -4.56. The van der Waals surface area contributed by atoms with E-state index in [1.165, 1.54) is 24.5 Å². The Kier molecular flexibility index (Phi) is 7.02. The zero-order valence-electron chi connectivity index (χ0n) is 18.9. The lowest BCUT2D eigenvalue weighted by Gasteiger charge is -2.23.